The van der Waals surface area contributed by atoms with Crippen molar-refractivity contribution >= 4 is 23.9 Å². The Morgan fingerprint density at radius 2 is 0.762 bits per heavy atom. The molecule has 0 radical (unpaired) electrons. The van der Waals surface area contributed by atoms with E-state index in [0.717, 1.165) is 11.1 Å². The van der Waals surface area contributed by atoms with Crippen LogP contribution in [0.5, 0.6) is 0 Å². The summed E-state index contributed by atoms with van der Waals surface area (Å²) in [5, 5.41) is 0. The lowest BCUT2D eigenvalue weighted by Crippen LogP contribution is -2.52. The van der Waals surface area contributed by atoms with Gasteiger partial charge in [-0.2, -0.15) is 0 Å². The number of esters is 4. The molecule has 0 bridgehead atoms. The van der Waals surface area contributed by atoms with Crippen LogP contribution in [0.25, 0.3) is 0 Å². The molecule has 0 saturated carbocycles. The van der Waals surface area contributed by atoms with Crippen LogP contribution in [0.4, 0.5) is 0 Å². The van der Waals surface area contributed by atoms with Gasteiger partial charge in [-0.05, 0) is 35.8 Å². The van der Waals surface area contributed by atoms with E-state index in [4.69, 9.17) is 18.9 Å². The quantitative estimate of drug-likeness (QED) is 0.265. The Hall–Kier alpha value is -3.94. The smallest absolute Gasteiger partial charge is 0.308 e. The van der Waals surface area contributed by atoms with Gasteiger partial charge in [-0.15, -0.1) is 0 Å². The Morgan fingerprint density at radius 3 is 1.00 bits per heavy atom. The van der Waals surface area contributed by atoms with Crippen LogP contribution in [0.2, 0.25) is 0 Å². The minimum atomic E-state index is -1.02. The number of hydrogen-bond acceptors (Lipinski definition) is 8. The maximum atomic E-state index is 12.6. The summed E-state index contributed by atoms with van der Waals surface area (Å²) in [6, 6.07) is 0. The topological polar surface area (TPSA) is 105 Å². The van der Waals surface area contributed by atoms with Crippen molar-refractivity contribution < 1.29 is 38.1 Å². The molecule has 0 aromatic carbocycles. The molecule has 4 aliphatic rings. The summed E-state index contributed by atoms with van der Waals surface area (Å²) >= 11 is 0. The molecule has 0 aromatic heterocycles. The van der Waals surface area contributed by atoms with Crippen LogP contribution >= 0.6 is 0 Å². The fourth-order valence-corrected chi connectivity index (χ4v) is 6.16. The number of carbonyl (C=O) groups is 4. The third-order valence-electron chi connectivity index (χ3n) is 8.46. The minimum Gasteiger partial charge on any atom is -0.422 e. The Morgan fingerprint density at radius 1 is 0.500 bits per heavy atom. The number of hydrogen-bond donors (Lipinski definition) is 0. The first-order valence-corrected chi connectivity index (χ1v) is 14.0. The highest BCUT2D eigenvalue weighted by molar-refractivity contribution is 5.80. The molecule has 0 amide bonds. The standard InChI is InChI=1S/C34H40O8/c1-17(35)39-27-23-13-21(31(5,6)7)15-25-29(41-19(3)37)30(42-20(4)38)26-16-22(32(8,9)10)14-24(28(27)40-18(2)36)34(26,12)33(23,25)11/h13-16H,1-12H3. The normalized spacial score (nSPS) is 25.0. The second-order valence-electron chi connectivity index (χ2n) is 13.6. The van der Waals surface area contributed by atoms with Crippen LogP contribution in [0.1, 0.15) is 83.1 Å². The highest BCUT2D eigenvalue weighted by Crippen LogP contribution is 2.71. The molecular weight excluding hydrogens is 536 g/mol. The second-order valence-corrected chi connectivity index (χ2v) is 13.6. The molecule has 0 saturated heterocycles. The first-order chi connectivity index (χ1) is 19.1. The van der Waals surface area contributed by atoms with Crippen molar-refractivity contribution in [1.82, 2.24) is 0 Å². The Bertz CT molecular complexity index is 1440. The molecule has 0 aliphatic heterocycles. The third kappa shape index (κ3) is 4.71. The average molecular weight is 577 g/mol. The van der Waals surface area contributed by atoms with Crippen molar-refractivity contribution in [3.05, 3.63) is 80.8 Å². The van der Waals surface area contributed by atoms with Gasteiger partial charge in [0.25, 0.3) is 0 Å². The molecule has 4 rings (SSSR count). The van der Waals surface area contributed by atoms with Gasteiger partial charge >= 0.3 is 23.9 Å². The molecular formula is C34H40O8. The number of rotatable bonds is 4. The van der Waals surface area contributed by atoms with Gasteiger partial charge in [0.05, 0.1) is 0 Å². The Kier molecular flexibility index (Phi) is 7.25. The zero-order valence-corrected chi connectivity index (χ0v) is 26.6. The van der Waals surface area contributed by atoms with Crippen molar-refractivity contribution in [3.63, 3.8) is 0 Å². The molecule has 2 atom stereocenters. The SMILES string of the molecule is CC(=O)OC1=C(OC(C)=O)C2=CC(C(C)(C)C)=CC3=C(OC(C)=O)C(OC(C)=O)=C4C=C(C(C)(C)C)C=C1C4(C)C23C. The maximum Gasteiger partial charge on any atom is 0.308 e. The molecule has 0 N–H and O–H groups in total. The van der Waals surface area contributed by atoms with Crippen molar-refractivity contribution in [2.24, 2.45) is 21.7 Å². The van der Waals surface area contributed by atoms with Crippen LogP contribution in [-0.4, -0.2) is 23.9 Å². The van der Waals surface area contributed by atoms with E-state index >= 15 is 0 Å². The second kappa shape index (κ2) is 9.82. The van der Waals surface area contributed by atoms with E-state index in [1.807, 2.05) is 79.7 Å². The zero-order valence-electron chi connectivity index (χ0n) is 26.6. The summed E-state index contributed by atoms with van der Waals surface area (Å²) in [5.74, 6) is -1.89. The largest absolute Gasteiger partial charge is 0.422 e. The summed E-state index contributed by atoms with van der Waals surface area (Å²) in [5.41, 5.74) is 1.13. The monoisotopic (exact) mass is 576 g/mol. The van der Waals surface area contributed by atoms with Crippen LogP contribution in [0.15, 0.2) is 80.8 Å². The zero-order chi connectivity index (χ0) is 31.7. The van der Waals surface area contributed by atoms with Gasteiger partial charge in [-0.1, -0.05) is 65.8 Å². The lowest BCUT2D eigenvalue weighted by atomic mass is 9.44. The predicted octanol–water partition coefficient (Wildman–Crippen LogP) is 6.82. The lowest BCUT2D eigenvalue weighted by molar-refractivity contribution is -0.142. The van der Waals surface area contributed by atoms with Gasteiger partial charge in [-0.25, -0.2) is 0 Å². The summed E-state index contributed by atoms with van der Waals surface area (Å²) in [6.07, 6.45) is 7.82. The molecule has 224 valence electrons. The molecule has 4 aliphatic carbocycles. The van der Waals surface area contributed by atoms with E-state index in [0.29, 0.717) is 22.3 Å². The third-order valence-corrected chi connectivity index (χ3v) is 8.46. The first-order valence-electron chi connectivity index (χ1n) is 14.0. The molecule has 0 aromatic rings. The summed E-state index contributed by atoms with van der Waals surface area (Å²) in [4.78, 5) is 50.4. The molecule has 42 heavy (non-hydrogen) atoms. The van der Waals surface area contributed by atoms with E-state index in [9.17, 15) is 19.2 Å². The van der Waals surface area contributed by atoms with E-state index < -0.39 is 45.5 Å². The molecule has 0 fully saturated rings. The average Bonchev–Trinajstić information content (AvgIpc) is 2.80. The Balaban J connectivity index is 2.35. The van der Waals surface area contributed by atoms with Crippen molar-refractivity contribution in [3.8, 4) is 0 Å². The number of allylic oxidation sites excluding steroid dienone is 10. The minimum absolute atomic E-state index is 0.115. The highest BCUT2D eigenvalue weighted by Gasteiger charge is 2.65. The van der Waals surface area contributed by atoms with Gasteiger partial charge in [0.1, 0.15) is 0 Å². The maximum absolute atomic E-state index is 12.6. The molecule has 2 unspecified atom stereocenters. The molecule has 0 spiro atoms. The molecule has 8 nitrogen and oxygen atoms in total. The predicted molar refractivity (Wildman–Crippen MR) is 156 cm³/mol. The van der Waals surface area contributed by atoms with Crippen molar-refractivity contribution in [1.29, 1.82) is 0 Å². The van der Waals surface area contributed by atoms with Gasteiger partial charge < -0.3 is 18.9 Å². The van der Waals surface area contributed by atoms with Gasteiger partial charge in [0.2, 0.25) is 0 Å². The van der Waals surface area contributed by atoms with Crippen LogP contribution < -0.4 is 0 Å². The van der Waals surface area contributed by atoms with Crippen LogP contribution in [-0.2, 0) is 38.1 Å². The first kappa shape index (κ1) is 31.0. The summed E-state index contributed by atoms with van der Waals surface area (Å²) < 4.78 is 23.6. The fraction of sp³-hybridized carbons (Fsp3) is 0.471. The lowest BCUT2D eigenvalue weighted by Gasteiger charge is -2.58. The van der Waals surface area contributed by atoms with E-state index in [1.54, 1.807) is 0 Å². The molecule has 8 heteroatoms. The highest BCUT2D eigenvalue weighted by atomic mass is 16.6. The van der Waals surface area contributed by atoms with E-state index in [-0.39, 0.29) is 23.0 Å². The number of ether oxygens (including phenoxy) is 4. The van der Waals surface area contributed by atoms with Gasteiger partial charge in [0, 0.05) is 60.8 Å². The number of carbonyl (C=O) groups excluding carboxylic acids is 4. The van der Waals surface area contributed by atoms with E-state index in [2.05, 4.69) is 0 Å². The fourth-order valence-electron chi connectivity index (χ4n) is 6.16. The summed E-state index contributed by atoms with van der Waals surface area (Å²) in [6.45, 7) is 21.3. The van der Waals surface area contributed by atoms with E-state index in [1.165, 1.54) is 27.7 Å². The molecule has 0 heterocycles. The Labute approximate surface area is 247 Å². The van der Waals surface area contributed by atoms with Gasteiger partial charge in [-0.3, -0.25) is 19.2 Å². The van der Waals surface area contributed by atoms with Gasteiger partial charge in [0.15, 0.2) is 23.0 Å². The van der Waals surface area contributed by atoms with Crippen LogP contribution in [0, 0.1) is 21.7 Å². The van der Waals surface area contributed by atoms with Crippen molar-refractivity contribution in [2.45, 2.75) is 83.1 Å². The van der Waals surface area contributed by atoms with Crippen LogP contribution in [0.3, 0.4) is 0 Å². The summed E-state index contributed by atoms with van der Waals surface area (Å²) in [7, 11) is 0. The van der Waals surface area contributed by atoms with Crippen molar-refractivity contribution in [2.75, 3.05) is 0 Å².